The highest BCUT2D eigenvalue weighted by Gasteiger charge is 2.29. The summed E-state index contributed by atoms with van der Waals surface area (Å²) in [6.45, 7) is 3.39. The molecule has 0 bridgehead atoms. The van der Waals surface area contributed by atoms with Crippen molar-refractivity contribution in [2.75, 3.05) is 7.05 Å². The zero-order valence-electron chi connectivity index (χ0n) is 13.1. The number of benzene rings is 1. The first kappa shape index (κ1) is 16.4. The largest absolute Gasteiger partial charge is 0.358 e. The summed E-state index contributed by atoms with van der Waals surface area (Å²) in [6.07, 6.45) is 0. The van der Waals surface area contributed by atoms with Gasteiger partial charge in [0.1, 0.15) is 5.82 Å². The van der Waals surface area contributed by atoms with Gasteiger partial charge >= 0.3 is 0 Å². The van der Waals surface area contributed by atoms with Crippen LogP contribution in [0.3, 0.4) is 0 Å². The molecule has 0 radical (unpaired) electrons. The summed E-state index contributed by atoms with van der Waals surface area (Å²) in [4.78, 5) is 24.2. The lowest BCUT2D eigenvalue weighted by atomic mass is 9.98. The van der Waals surface area contributed by atoms with Crippen molar-refractivity contribution >= 4 is 11.7 Å². The van der Waals surface area contributed by atoms with Crippen LogP contribution in [0.1, 0.15) is 21.7 Å². The topological polar surface area (TPSA) is 74.9 Å². The number of para-hydroxylation sites is 1. The number of ketones is 1. The molecular formula is C17H16FN3O2. The van der Waals surface area contributed by atoms with Crippen LogP contribution in [0.25, 0.3) is 5.69 Å². The van der Waals surface area contributed by atoms with Crippen LogP contribution in [0, 0.1) is 36.9 Å². The first-order chi connectivity index (χ1) is 10.9. The molecule has 0 aliphatic heterocycles. The van der Waals surface area contributed by atoms with Crippen LogP contribution in [-0.2, 0) is 4.79 Å². The fourth-order valence-electron chi connectivity index (χ4n) is 2.55. The number of nitrogens with zero attached hydrogens (tertiary/aromatic N) is 2. The van der Waals surface area contributed by atoms with Gasteiger partial charge in [-0.25, -0.2) is 4.39 Å². The van der Waals surface area contributed by atoms with Crippen molar-refractivity contribution in [3.05, 3.63) is 53.1 Å². The van der Waals surface area contributed by atoms with E-state index in [9.17, 15) is 14.0 Å². The molecule has 0 fully saturated rings. The van der Waals surface area contributed by atoms with Crippen molar-refractivity contribution in [1.29, 1.82) is 5.26 Å². The molecule has 2 aromatic rings. The Kier molecular flexibility index (Phi) is 4.60. The minimum Gasteiger partial charge on any atom is -0.358 e. The second-order valence-corrected chi connectivity index (χ2v) is 5.11. The monoisotopic (exact) mass is 313 g/mol. The second-order valence-electron chi connectivity index (χ2n) is 5.11. The maximum Gasteiger partial charge on any atom is 0.245 e. The van der Waals surface area contributed by atoms with Crippen LogP contribution in [0.15, 0.2) is 30.3 Å². The number of aromatic nitrogens is 1. The number of carbonyl (C=O) groups is 2. The van der Waals surface area contributed by atoms with Crippen molar-refractivity contribution in [1.82, 2.24) is 9.88 Å². The van der Waals surface area contributed by atoms with Crippen LogP contribution >= 0.6 is 0 Å². The van der Waals surface area contributed by atoms with Crippen molar-refractivity contribution in [2.45, 2.75) is 13.8 Å². The molecule has 0 aliphatic carbocycles. The summed E-state index contributed by atoms with van der Waals surface area (Å²) >= 11 is 0. The lowest BCUT2D eigenvalue weighted by molar-refractivity contribution is -0.121. The molecule has 1 N–H and O–H groups in total. The van der Waals surface area contributed by atoms with Crippen LogP contribution in [0.5, 0.6) is 0 Å². The van der Waals surface area contributed by atoms with Gasteiger partial charge < -0.3 is 9.88 Å². The van der Waals surface area contributed by atoms with Gasteiger partial charge in [0.05, 0.1) is 11.8 Å². The molecular weight excluding hydrogens is 297 g/mol. The first-order valence-corrected chi connectivity index (χ1v) is 7.01. The van der Waals surface area contributed by atoms with Crippen LogP contribution in [0.4, 0.5) is 4.39 Å². The Morgan fingerprint density at radius 2 is 1.96 bits per heavy atom. The SMILES string of the molecule is CNC(=O)[C@@H](C#N)C(=O)c1cc(C)n(-c2ccccc2F)c1C. The highest BCUT2D eigenvalue weighted by atomic mass is 19.1. The van der Waals surface area contributed by atoms with E-state index in [4.69, 9.17) is 5.26 Å². The van der Waals surface area contributed by atoms with Gasteiger partial charge in [-0.3, -0.25) is 9.59 Å². The number of hydrogen-bond acceptors (Lipinski definition) is 3. The summed E-state index contributed by atoms with van der Waals surface area (Å²) in [7, 11) is 1.36. The standard InChI is InChI=1S/C17H16FN3O2/c1-10-8-12(16(22)13(9-19)17(23)20-3)11(2)21(10)15-7-5-4-6-14(15)18/h4-8,13H,1-3H3,(H,20,23)/t13-/m0/s1. The summed E-state index contributed by atoms with van der Waals surface area (Å²) in [5, 5.41) is 11.4. The van der Waals surface area contributed by atoms with Gasteiger partial charge in [0.25, 0.3) is 0 Å². The van der Waals surface area contributed by atoms with Crippen molar-refractivity contribution in [2.24, 2.45) is 5.92 Å². The lowest BCUT2D eigenvalue weighted by Crippen LogP contribution is -2.32. The van der Waals surface area contributed by atoms with Gasteiger partial charge in [-0.2, -0.15) is 5.26 Å². The van der Waals surface area contributed by atoms with E-state index < -0.39 is 23.4 Å². The van der Waals surface area contributed by atoms with E-state index >= 15 is 0 Å². The number of Topliss-reactive ketones (excluding diaryl/α,β-unsaturated/α-hetero) is 1. The molecule has 23 heavy (non-hydrogen) atoms. The Hall–Kier alpha value is -2.94. The average molecular weight is 313 g/mol. The number of nitriles is 1. The van der Waals surface area contributed by atoms with Gasteiger partial charge in [0, 0.05) is 24.0 Å². The predicted molar refractivity (Wildman–Crippen MR) is 82.7 cm³/mol. The summed E-state index contributed by atoms with van der Waals surface area (Å²) in [5.41, 5.74) is 1.68. The third kappa shape index (κ3) is 2.86. The van der Waals surface area contributed by atoms with Gasteiger partial charge in [-0.15, -0.1) is 0 Å². The quantitative estimate of drug-likeness (QED) is 0.695. The fraction of sp³-hybridized carbons (Fsp3) is 0.235. The number of aryl methyl sites for hydroxylation is 1. The second kappa shape index (κ2) is 6.44. The molecule has 1 heterocycles. The van der Waals surface area contributed by atoms with E-state index in [0.717, 1.165) is 0 Å². The number of nitrogens with one attached hydrogen (secondary N) is 1. The molecule has 0 spiro atoms. The van der Waals surface area contributed by atoms with E-state index in [2.05, 4.69) is 5.32 Å². The minimum atomic E-state index is -1.42. The van der Waals surface area contributed by atoms with Gasteiger partial charge in [-0.1, -0.05) is 12.1 Å². The molecule has 0 aliphatic rings. The third-order valence-corrected chi connectivity index (χ3v) is 3.69. The fourth-order valence-corrected chi connectivity index (χ4v) is 2.55. The molecule has 0 saturated carbocycles. The number of rotatable bonds is 4. The highest BCUT2D eigenvalue weighted by Crippen LogP contribution is 2.24. The zero-order valence-corrected chi connectivity index (χ0v) is 13.1. The molecule has 2 rings (SSSR count). The normalized spacial score (nSPS) is 11.6. The Morgan fingerprint density at radius 1 is 1.30 bits per heavy atom. The predicted octanol–water partition coefficient (Wildman–Crippen LogP) is 2.30. The molecule has 6 heteroatoms. The van der Waals surface area contributed by atoms with E-state index in [1.54, 1.807) is 48.7 Å². The van der Waals surface area contributed by atoms with Crippen LogP contribution < -0.4 is 5.32 Å². The lowest BCUT2D eigenvalue weighted by Gasteiger charge is -2.11. The van der Waals surface area contributed by atoms with Crippen molar-refractivity contribution < 1.29 is 14.0 Å². The van der Waals surface area contributed by atoms with Gasteiger partial charge in [-0.05, 0) is 32.0 Å². The number of hydrogen-bond donors (Lipinski definition) is 1. The molecule has 1 amide bonds. The van der Waals surface area contributed by atoms with E-state index in [1.165, 1.54) is 13.1 Å². The number of amides is 1. The third-order valence-electron chi connectivity index (χ3n) is 3.69. The Bertz CT molecular complexity index is 818. The zero-order chi connectivity index (χ0) is 17.1. The molecule has 1 aromatic carbocycles. The average Bonchev–Trinajstić information content (AvgIpc) is 2.83. The summed E-state index contributed by atoms with van der Waals surface area (Å²) < 4.78 is 15.6. The van der Waals surface area contributed by atoms with E-state index in [-0.39, 0.29) is 5.56 Å². The Morgan fingerprint density at radius 3 is 2.52 bits per heavy atom. The molecule has 1 aromatic heterocycles. The molecule has 118 valence electrons. The van der Waals surface area contributed by atoms with E-state index in [0.29, 0.717) is 17.1 Å². The molecule has 1 atom stereocenters. The minimum absolute atomic E-state index is 0.237. The molecule has 0 unspecified atom stereocenters. The van der Waals surface area contributed by atoms with Gasteiger partial charge in [0.2, 0.25) is 5.91 Å². The molecule has 5 nitrogen and oxygen atoms in total. The number of carbonyl (C=O) groups excluding carboxylic acids is 2. The van der Waals surface area contributed by atoms with E-state index in [1.807, 2.05) is 0 Å². The summed E-state index contributed by atoms with van der Waals surface area (Å²) in [6, 6.07) is 9.49. The highest BCUT2D eigenvalue weighted by molar-refractivity contribution is 6.12. The first-order valence-electron chi connectivity index (χ1n) is 7.01. The van der Waals surface area contributed by atoms with Crippen LogP contribution in [-0.4, -0.2) is 23.3 Å². The van der Waals surface area contributed by atoms with Crippen LogP contribution in [0.2, 0.25) is 0 Å². The van der Waals surface area contributed by atoms with Gasteiger partial charge in [0.15, 0.2) is 11.7 Å². The Labute approximate surface area is 133 Å². The smallest absolute Gasteiger partial charge is 0.245 e. The van der Waals surface area contributed by atoms with Crippen molar-refractivity contribution in [3.8, 4) is 11.8 Å². The number of halogens is 1. The Balaban J connectivity index is 2.55. The maximum atomic E-state index is 14.0. The molecule has 0 saturated heterocycles. The maximum absolute atomic E-state index is 14.0. The summed E-state index contributed by atoms with van der Waals surface area (Å²) in [5.74, 6) is -3.10. The van der Waals surface area contributed by atoms with Crippen molar-refractivity contribution in [3.63, 3.8) is 0 Å².